The maximum absolute atomic E-state index is 11.3. The lowest BCUT2D eigenvalue weighted by Gasteiger charge is -2.06. The molecule has 0 aliphatic rings. The van der Waals surface area contributed by atoms with Crippen molar-refractivity contribution in [3.63, 3.8) is 0 Å². The van der Waals surface area contributed by atoms with Gasteiger partial charge < -0.3 is 15.3 Å². The predicted octanol–water partition coefficient (Wildman–Crippen LogP) is 3.65. The SMILES string of the molecule is CC(C=C(CCCCCC(C)C)C(=O)O)=C(C=CC(=O)O)C(=O)O. The normalized spacial score (nSPS) is 13.2. The van der Waals surface area contributed by atoms with Crippen LogP contribution >= 0.6 is 0 Å². The molecular formula is C18H26O6. The van der Waals surface area contributed by atoms with E-state index in [1.165, 1.54) is 13.0 Å². The standard InChI is InChI=1S/C18H26O6/c1-12(2)7-5-4-6-8-14(17(21)22)11-13(3)15(18(23)24)9-10-16(19)20/h9-12H,4-8H2,1-3H3,(H,19,20)(H,21,22)(H,23,24). The van der Waals surface area contributed by atoms with Crippen molar-refractivity contribution >= 4 is 17.9 Å². The number of carboxylic acid groups (broad SMARTS) is 3. The summed E-state index contributed by atoms with van der Waals surface area (Å²) in [5.74, 6) is -3.05. The van der Waals surface area contributed by atoms with Crippen molar-refractivity contribution < 1.29 is 29.7 Å². The average molecular weight is 338 g/mol. The molecule has 0 saturated heterocycles. The van der Waals surface area contributed by atoms with Crippen molar-refractivity contribution in [3.8, 4) is 0 Å². The summed E-state index contributed by atoms with van der Waals surface area (Å²) >= 11 is 0. The van der Waals surface area contributed by atoms with Crippen LogP contribution in [-0.2, 0) is 14.4 Å². The van der Waals surface area contributed by atoms with Gasteiger partial charge in [-0.25, -0.2) is 14.4 Å². The Kier molecular flexibility index (Phi) is 10.1. The van der Waals surface area contributed by atoms with Crippen molar-refractivity contribution in [2.45, 2.75) is 52.9 Å². The Bertz CT molecular complexity index is 552. The molecule has 134 valence electrons. The molecule has 0 rings (SSSR count). The topological polar surface area (TPSA) is 112 Å². The van der Waals surface area contributed by atoms with Gasteiger partial charge in [0, 0.05) is 11.6 Å². The number of carboxylic acids is 3. The number of allylic oxidation sites excluding steroid dienone is 2. The molecule has 0 aliphatic carbocycles. The highest BCUT2D eigenvalue weighted by atomic mass is 16.4. The van der Waals surface area contributed by atoms with Gasteiger partial charge in [0.1, 0.15) is 0 Å². The van der Waals surface area contributed by atoms with Gasteiger partial charge in [0.05, 0.1) is 5.57 Å². The maximum Gasteiger partial charge on any atom is 0.335 e. The van der Waals surface area contributed by atoms with Gasteiger partial charge in [-0.2, -0.15) is 0 Å². The third kappa shape index (κ3) is 9.61. The first kappa shape index (κ1) is 21.6. The first-order valence-electron chi connectivity index (χ1n) is 7.94. The zero-order valence-electron chi connectivity index (χ0n) is 14.4. The van der Waals surface area contributed by atoms with Crippen LogP contribution in [0.3, 0.4) is 0 Å². The number of aliphatic carboxylic acids is 3. The second kappa shape index (κ2) is 11.2. The maximum atomic E-state index is 11.3. The molecule has 24 heavy (non-hydrogen) atoms. The Hall–Kier alpha value is -2.37. The number of hydrogen-bond acceptors (Lipinski definition) is 3. The van der Waals surface area contributed by atoms with Crippen LogP contribution in [-0.4, -0.2) is 33.2 Å². The molecule has 0 unspecified atom stereocenters. The fourth-order valence-corrected chi connectivity index (χ4v) is 2.15. The van der Waals surface area contributed by atoms with Crippen LogP contribution in [0.2, 0.25) is 0 Å². The van der Waals surface area contributed by atoms with E-state index in [0.717, 1.165) is 25.3 Å². The number of hydrogen-bond donors (Lipinski definition) is 3. The molecule has 0 spiro atoms. The molecule has 0 bridgehead atoms. The van der Waals surface area contributed by atoms with Gasteiger partial charge in [-0.3, -0.25) is 0 Å². The summed E-state index contributed by atoms with van der Waals surface area (Å²) < 4.78 is 0. The van der Waals surface area contributed by atoms with Crippen molar-refractivity contribution in [3.05, 3.63) is 34.9 Å². The summed E-state index contributed by atoms with van der Waals surface area (Å²) in [4.78, 5) is 33.0. The second-order valence-corrected chi connectivity index (χ2v) is 6.04. The molecule has 0 heterocycles. The minimum atomic E-state index is -1.30. The Morgan fingerprint density at radius 1 is 0.917 bits per heavy atom. The van der Waals surface area contributed by atoms with Crippen molar-refractivity contribution in [2.75, 3.05) is 0 Å². The fourth-order valence-electron chi connectivity index (χ4n) is 2.15. The van der Waals surface area contributed by atoms with Crippen molar-refractivity contribution in [2.24, 2.45) is 5.92 Å². The molecule has 0 atom stereocenters. The van der Waals surface area contributed by atoms with E-state index in [1.54, 1.807) is 0 Å². The summed E-state index contributed by atoms with van der Waals surface area (Å²) in [6.45, 7) is 5.72. The summed E-state index contributed by atoms with van der Waals surface area (Å²) in [7, 11) is 0. The highest BCUT2D eigenvalue weighted by Crippen LogP contribution is 2.17. The molecule has 6 nitrogen and oxygen atoms in total. The lowest BCUT2D eigenvalue weighted by Crippen LogP contribution is -2.05. The van der Waals surface area contributed by atoms with Gasteiger partial charge in [0.15, 0.2) is 0 Å². The van der Waals surface area contributed by atoms with E-state index in [4.69, 9.17) is 10.2 Å². The van der Waals surface area contributed by atoms with Gasteiger partial charge in [-0.15, -0.1) is 0 Å². The molecule has 0 fully saturated rings. The van der Waals surface area contributed by atoms with Crippen LogP contribution in [0.25, 0.3) is 0 Å². The van der Waals surface area contributed by atoms with Crippen LogP contribution in [0.1, 0.15) is 52.9 Å². The average Bonchev–Trinajstić information content (AvgIpc) is 2.44. The third-order valence-electron chi connectivity index (χ3n) is 3.44. The molecule has 0 aromatic heterocycles. The lowest BCUT2D eigenvalue weighted by atomic mass is 10.00. The van der Waals surface area contributed by atoms with Crippen LogP contribution in [0.5, 0.6) is 0 Å². The summed E-state index contributed by atoms with van der Waals surface area (Å²) in [5.41, 5.74) is 0.0926. The molecule has 0 radical (unpaired) electrons. The Balaban J connectivity index is 5.11. The van der Waals surface area contributed by atoms with E-state index in [9.17, 15) is 19.5 Å². The van der Waals surface area contributed by atoms with Gasteiger partial charge in [-0.05, 0) is 43.4 Å². The molecule has 0 aromatic rings. The smallest absolute Gasteiger partial charge is 0.335 e. The van der Waals surface area contributed by atoms with Crippen LogP contribution in [0.4, 0.5) is 0 Å². The first-order chi connectivity index (χ1) is 11.1. The van der Waals surface area contributed by atoms with Gasteiger partial charge >= 0.3 is 17.9 Å². The van der Waals surface area contributed by atoms with Gasteiger partial charge in [0.2, 0.25) is 0 Å². The monoisotopic (exact) mass is 338 g/mol. The van der Waals surface area contributed by atoms with Crippen LogP contribution < -0.4 is 0 Å². The molecule has 0 saturated carbocycles. The highest BCUT2D eigenvalue weighted by molar-refractivity contribution is 5.94. The lowest BCUT2D eigenvalue weighted by molar-refractivity contribution is -0.133. The quantitative estimate of drug-likeness (QED) is 0.301. The molecule has 0 aliphatic heterocycles. The van der Waals surface area contributed by atoms with E-state index in [0.29, 0.717) is 24.8 Å². The first-order valence-corrected chi connectivity index (χ1v) is 7.94. The van der Waals surface area contributed by atoms with E-state index in [1.807, 2.05) is 0 Å². The molecule has 0 amide bonds. The molecule has 3 N–H and O–H groups in total. The van der Waals surface area contributed by atoms with E-state index < -0.39 is 17.9 Å². The van der Waals surface area contributed by atoms with Crippen LogP contribution in [0.15, 0.2) is 34.9 Å². The zero-order chi connectivity index (χ0) is 18.7. The Labute approximate surface area is 142 Å². The zero-order valence-corrected chi connectivity index (χ0v) is 14.4. The van der Waals surface area contributed by atoms with E-state index >= 15 is 0 Å². The summed E-state index contributed by atoms with van der Waals surface area (Å²) in [6.07, 6.45) is 7.07. The molecular weight excluding hydrogens is 312 g/mol. The second-order valence-electron chi connectivity index (χ2n) is 6.04. The Morgan fingerprint density at radius 2 is 1.54 bits per heavy atom. The molecule has 6 heteroatoms. The minimum absolute atomic E-state index is 0.125. The van der Waals surface area contributed by atoms with E-state index in [2.05, 4.69) is 13.8 Å². The Morgan fingerprint density at radius 3 is 2.00 bits per heavy atom. The summed E-state index contributed by atoms with van der Waals surface area (Å²) in [5, 5.41) is 27.0. The van der Waals surface area contributed by atoms with Gasteiger partial charge in [0.25, 0.3) is 0 Å². The predicted molar refractivity (Wildman–Crippen MR) is 90.8 cm³/mol. The van der Waals surface area contributed by atoms with Crippen molar-refractivity contribution in [1.82, 2.24) is 0 Å². The number of carbonyl (C=O) groups is 3. The largest absolute Gasteiger partial charge is 0.478 e. The van der Waals surface area contributed by atoms with E-state index in [-0.39, 0.29) is 16.7 Å². The van der Waals surface area contributed by atoms with Crippen molar-refractivity contribution in [1.29, 1.82) is 0 Å². The fraction of sp³-hybridized carbons (Fsp3) is 0.500. The van der Waals surface area contributed by atoms with Crippen LogP contribution in [0, 0.1) is 5.92 Å². The molecule has 0 aromatic carbocycles. The number of unbranched alkanes of at least 4 members (excludes halogenated alkanes) is 2. The minimum Gasteiger partial charge on any atom is -0.478 e. The highest BCUT2D eigenvalue weighted by Gasteiger charge is 2.12. The third-order valence-corrected chi connectivity index (χ3v) is 3.44. The number of rotatable bonds is 11. The summed E-state index contributed by atoms with van der Waals surface area (Å²) in [6, 6.07) is 0. The van der Waals surface area contributed by atoms with Gasteiger partial charge in [-0.1, -0.05) is 33.1 Å².